The van der Waals surface area contributed by atoms with Crippen LogP contribution in [0.15, 0.2) is 47.8 Å². The molecule has 0 radical (unpaired) electrons. The molecule has 1 unspecified atom stereocenters. The summed E-state index contributed by atoms with van der Waals surface area (Å²) < 4.78 is 36.5. The highest BCUT2D eigenvalue weighted by Gasteiger charge is 2.21. The Balaban J connectivity index is 1.54. The molecule has 32 heavy (non-hydrogen) atoms. The van der Waals surface area contributed by atoms with E-state index < -0.39 is 41.1 Å². The topological polar surface area (TPSA) is 121 Å². The van der Waals surface area contributed by atoms with Gasteiger partial charge in [-0.25, -0.2) is 18.6 Å². The van der Waals surface area contributed by atoms with Gasteiger partial charge >= 0.3 is 11.7 Å². The number of nitro benzene ring substituents is 1. The number of rotatable bonds is 8. The molecule has 0 aliphatic rings. The van der Waals surface area contributed by atoms with E-state index in [1.54, 1.807) is 5.38 Å². The lowest BCUT2D eigenvalue weighted by molar-refractivity contribution is -0.385. The minimum absolute atomic E-state index is 0.112. The Hall–Kier alpha value is -3.93. The van der Waals surface area contributed by atoms with Gasteiger partial charge in [-0.1, -0.05) is 12.1 Å². The minimum atomic E-state index is -1.22. The second-order valence-corrected chi connectivity index (χ2v) is 7.16. The number of hydrogen-bond donors (Lipinski definition) is 1. The Morgan fingerprint density at radius 2 is 1.97 bits per heavy atom. The van der Waals surface area contributed by atoms with Crippen molar-refractivity contribution in [2.45, 2.75) is 13.0 Å². The van der Waals surface area contributed by atoms with Gasteiger partial charge in [0.1, 0.15) is 0 Å². The smallest absolute Gasteiger partial charge is 0.344 e. The van der Waals surface area contributed by atoms with Gasteiger partial charge in [0, 0.05) is 17.0 Å². The first-order chi connectivity index (χ1) is 15.2. The predicted octanol–water partition coefficient (Wildman–Crippen LogP) is 3.95. The number of para-hydroxylation sites is 2. The Bertz CT molecular complexity index is 1170. The standard InChI is InChI=1S/C20H15F2N3O6S/c1-11(31-18(26)9-30-17-5-3-2-4-16(17)25(28)29)19(27)24-20-23-15(10-32-20)12-6-7-13(21)14(22)8-12/h2-8,10-11H,9H2,1H3,(H,23,24,27). The molecule has 1 aromatic heterocycles. The fourth-order valence-electron chi connectivity index (χ4n) is 2.48. The zero-order chi connectivity index (χ0) is 23.3. The summed E-state index contributed by atoms with van der Waals surface area (Å²) in [6.07, 6.45) is -1.22. The molecule has 0 aliphatic carbocycles. The van der Waals surface area contributed by atoms with Gasteiger partial charge < -0.3 is 9.47 Å². The Labute approximate surface area is 183 Å². The molecule has 0 fully saturated rings. The summed E-state index contributed by atoms with van der Waals surface area (Å²) in [5.74, 6) is -3.72. The van der Waals surface area contributed by atoms with E-state index in [2.05, 4.69) is 10.3 Å². The number of anilines is 1. The van der Waals surface area contributed by atoms with Gasteiger partial charge in [-0.15, -0.1) is 11.3 Å². The SMILES string of the molecule is CC(OC(=O)COc1ccccc1[N+](=O)[O-])C(=O)Nc1nc(-c2ccc(F)c(F)c2)cs1. The van der Waals surface area contributed by atoms with Crippen molar-refractivity contribution >= 4 is 34.0 Å². The van der Waals surface area contributed by atoms with Crippen molar-refractivity contribution in [3.63, 3.8) is 0 Å². The normalized spacial score (nSPS) is 11.5. The summed E-state index contributed by atoms with van der Waals surface area (Å²) in [6, 6.07) is 8.81. The van der Waals surface area contributed by atoms with Crippen LogP contribution in [0.25, 0.3) is 11.3 Å². The Morgan fingerprint density at radius 1 is 1.22 bits per heavy atom. The monoisotopic (exact) mass is 463 g/mol. The number of ether oxygens (including phenoxy) is 2. The highest BCUT2D eigenvalue weighted by atomic mass is 32.1. The van der Waals surface area contributed by atoms with E-state index in [0.29, 0.717) is 11.3 Å². The van der Waals surface area contributed by atoms with Gasteiger partial charge in [0.25, 0.3) is 5.91 Å². The maximum atomic E-state index is 13.4. The van der Waals surface area contributed by atoms with Gasteiger partial charge in [-0.05, 0) is 31.2 Å². The van der Waals surface area contributed by atoms with Crippen LogP contribution in [0, 0.1) is 21.7 Å². The molecule has 9 nitrogen and oxygen atoms in total. The average molecular weight is 463 g/mol. The van der Waals surface area contributed by atoms with Crippen molar-refractivity contribution in [2.24, 2.45) is 0 Å². The molecule has 0 saturated heterocycles. The van der Waals surface area contributed by atoms with Crippen molar-refractivity contribution < 1.29 is 32.8 Å². The predicted molar refractivity (Wildman–Crippen MR) is 110 cm³/mol. The highest BCUT2D eigenvalue weighted by molar-refractivity contribution is 7.14. The first-order valence-corrected chi connectivity index (χ1v) is 9.90. The van der Waals surface area contributed by atoms with Crippen LogP contribution < -0.4 is 10.1 Å². The number of benzene rings is 2. The molecular weight excluding hydrogens is 448 g/mol. The first kappa shape index (κ1) is 22.7. The summed E-state index contributed by atoms with van der Waals surface area (Å²) >= 11 is 1.04. The number of thiazole rings is 1. The van der Waals surface area contributed by atoms with Crippen LogP contribution in [-0.4, -0.2) is 34.5 Å². The highest BCUT2D eigenvalue weighted by Crippen LogP contribution is 2.27. The van der Waals surface area contributed by atoms with Crippen molar-refractivity contribution in [3.05, 3.63) is 69.6 Å². The maximum Gasteiger partial charge on any atom is 0.344 e. The van der Waals surface area contributed by atoms with E-state index in [-0.39, 0.29) is 16.6 Å². The van der Waals surface area contributed by atoms with Crippen LogP contribution in [0.3, 0.4) is 0 Å². The molecule has 3 aromatic rings. The Kier molecular flexibility index (Phi) is 7.05. The molecule has 1 N–H and O–H groups in total. The number of amides is 1. The maximum absolute atomic E-state index is 13.4. The third-order valence-corrected chi connectivity index (χ3v) is 4.79. The number of nitro groups is 1. The van der Waals surface area contributed by atoms with Crippen molar-refractivity contribution in [2.75, 3.05) is 11.9 Å². The van der Waals surface area contributed by atoms with Gasteiger partial charge in [0.15, 0.2) is 35.2 Å². The van der Waals surface area contributed by atoms with E-state index >= 15 is 0 Å². The summed E-state index contributed by atoms with van der Waals surface area (Å²) in [7, 11) is 0. The molecule has 0 bridgehead atoms. The van der Waals surface area contributed by atoms with E-state index in [4.69, 9.17) is 9.47 Å². The number of carbonyl (C=O) groups excluding carboxylic acids is 2. The van der Waals surface area contributed by atoms with Gasteiger partial charge in [0.05, 0.1) is 10.6 Å². The van der Waals surface area contributed by atoms with Crippen LogP contribution >= 0.6 is 11.3 Å². The second kappa shape index (κ2) is 9.92. The van der Waals surface area contributed by atoms with E-state index in [9.17, 15) is 28.5 Å². The third kappa shape index (κ3) is 5.60. The first-order valence-electron chi connectivity index (χ1n) is 9.02. The molecule has 0 spiro atoms. The summed E-state index contributed by atoms with van der Waals surface area (Å²) in [5.41, 5.74) is 0.339. The van der Waals surface area contributed by atoms with E-state index in [0.717, 1.165) is 23.5 Å². The lowest BCUT2D eigenvalue weighted by Gasteiger charge is -2.12. The number of esters is 1. The molecule has 0 saturated carbocycles. The number of nitrogens with zero attached hydrogens (tertiary/aromatic N) is 2. The number of carbonyl (C=O) groups is 2. The van der Waals surface area contributed by atoms with Gasteiger partial charge in [-0.3, -0.25) is 20.2 Å². The molecular formula is C20H15F2N3O6S. The molecule has 166 valence electrons. The van der Waals surface area contributed by atoms with Crippen molar-refractivity contribution in [1.29, 1.82) is 0 Å². The number of hydrogen-bond acceptors (Lipinski definition) is 8. The van der Waals surface area contributed by atoms with Crippen LogP contribution in [0.1, 0.15) is 6.92 Å². The van der Waals surface area contributed by atoms with Crippen molar-refractivity contribution in [1.82, 2.24) is 4.98 Å². The largest absolute Gasteiger partial charge is 0.475 e. The zero-order valence-corrected chi connectivity index (χ0v) is 17.2. The third-order valence-electron chi connectivity index (χ3n) is 4.03. The fourth-order valence-corrected chi connectivity index (χ4v) is 3.20. The molecule has 3 rings (SSSR count). The lowest BCUT2D eigenvalue weighted by Crippen LogP contribution is -2.31. The number of nitrogens with one attached hydrogen (secondary N) is 1. The molecule has 2 aromatic carbocycles. The van der Waals surface area contributed by atoms with Gasteiger partial charge in [0.2, 0.25) is 0 Å². The molecule has 12 heteroatoms. The second-order valence-electron chi connectivity index (χ2n) is 6.30. The molecule has 1 atom stereocenters. The van der Waals surface area contributed by atoms with E-state index in [1.165, 1.54) is 37.3 Å². The van der Waals surface area contributed by atoms with Gasteiger partial charge in [-0.2, -0.15) is 0 Å². The van der Waals surface area contributed by atoms with Crippen molar-refractivity contribution in [3.8, 4) is 17.0 Å². The number of aromatic nitrogens is 1. The fraction of sp³-hybridized carbons (Fsp3) is 0.150. The quantitative estimate of drug-likeness (QED) is 0.305. The molecule has 1 amide bonds. The zero-order valence-electron chi connectivity index (χ0n) is 16.4. The summed E-state index contributed by atoms with van der Waals surface area (Å²) in [5, 5.41) is 15.1. The minimum Gasteiger partial charge on any atom is -0.475 e. The lowest BCUT2D eigenvalue weighted by atomic mass is 10.2. The number of halogens is 2. The summed E-state index contributed by atoms with van der Waals surface area (Å²) in [4.78, 5) is 38.6. The molecule has 1 heterocycles. The summed E-state index contributed by atoms with van der Waals surface area (Å²) in [6.45, 7) is 0.683. The van der Waals surface area contributed by atoms with Crippen LogP contribution in [0.2, 0.25) is 0 Å². The average Bonchev–Trinajstić information content (AvgIpc) is 3.22. The Morgan fingerprint density at radius 3 is 2.69 bits per heavy atom. The van der Waals surface area contributed by atoms with Crippen LogP contribution in [0.5, 0.6) is 5.75 Å². The van der Waals surface area contributed by atoms with Crippen LogP contribution in [0.4, 0.5) is 19.6 Å². The van der Waals surface area contributed by atoms with E-state index in [1.807, 2.05) is 0 Å². The van der Waals surface area contributed by atoms with Crippen LogP contribution in [-0.2, 0) is 14.3 Å². The molecule has 0 aliphatic heterocycles.